The van der Waals surface area contributed by atoms with Gasteiger partial charge in [-0.2, -0.15) is 0 Å². The fourth-order valence-corrected chi connectivity index (χ4v) is 1.57. The van der Waals surface area contributed by atoms with Gasteiger partial charge in [-0.3, -0.25) is 9.78 Å². The van der Waals surface area contributed by atoms with Crippen molar-refractivity contribution in [3.8, 4) is 12.3 Å². The minimum absolute atomic E-state index is 0.151. The van der Waals surface area contributed by atoms with Crippen LogP contribution in [0.5, 0.6) is 0 Å². The Bertz CT molecular complexity index is 505. The highest BCUT2D eigenvalue weighted by Crippen LogP contribution is 2.07. The summed E-state index contributed by atoms with van der Waals surface area (Å²) in [6, 6.07) is 2.43. The number of urea groups is 1. The Morgan fingerprint density at radius 3 is 2.75 bits per heavy atom. The van der Waals surface area contributed by atoms with Crippen LogP contribution in [-0.2, 0) is 11.2 Å². The standard InChI is InChI=1S/C14H17N3O3/c1-3-5-10(4-2)16-14(20)17-12-7-6-11(15-9-12)8-13(18)19/h2,6-7,9-10H,3,5,8H2,1H3,(H,18,19)(H2,16,17,20). The Kier molecular flexibility index (Phi) is 6.04. The van der Waals surface area contributed by atoms with Gasteiger partial charge in [0.05, 0.1) is 30.0 Å². The van der Waals surface area contributed by atoms with E-state index in [9.17, 15) is 9.59 Å². The number of carbonyl (C=O) groups excluding carboxylic acids is 1. The van der Waals surface area contributed by atoms with Gasteiger partial charge in [0.15, 0.2) is 0 Å². The number of rotatable bonds is 6. The molecule has 0 aliphatic carbocycles. The van der Waals surface area contributed by atoms with Crippen LogP contribution in [0.15, 0.2) is 18.3 Å². The molecule has 0 fully saturated rings. The zero-order valence-corrected chi connectivity index (χ0v) is 11.2. The Hall–Kier alpha value is -2.55. The summed E-state index contributed by atoms with van der Waals surface area (Å²) in [5.41, 5.74) is 0.903. The number of hydrogen-bond acceptors (Lipinski definition) is 3. The highest BCUT2D eigenvalue weighted by atomic mass is 16.4. The van der Waals surface area contributed by atoms with E-state index in [-0.39, 0.29) is 12.5 Å². The molecule has 0 aromatic carbocycles. The van der Waals surface area contributed by atoms with E-state index >= 15 is 0 Å². The van der Waals surface area contributed by atoms with Crippen LogP contribution in [0.2, 0.25) is 0 Å². The first-order valence-electron chi connectivity index (χ1n) is 6.25. The predicted octanol–water partition coefficient (Wildman–Crippen LogP) is 1.63. The smallest absolute Gasteiger partial charge is 0.320 e. The number of hydrogen-bond donors (Lipinski definition) is 3. The van der Waals surface area contributed by atoms with Crippen molar-refractivity contribution in [3.63, 3.8) is 0 Å². The lowest BCUT2D eigenvalue weighted by Gasteiger charge is -2.12. The van der Waals surface area contributed by atoms with Gasteiger partial charge in [0.2, 0.25) is 0 Å². The molecule has 1 aromatic rings. The van der Waals surface area contributed by atoms with Gasteiger partial charge in [-0.1, -0.05) is 19.3 Å². The minimum atomic E-state index is -0.952. The fraction of sp³-hybridized carbons (Fsp3) is 0.357. The largest absolute Gasteiger partial charge is 0.481 e. The van der Waals surface area contributed by atoms with E-state index in [0.29, 0.717) is 17.8 Å². The van der Waals surface area contributed by atoms with E-state index < -0.39 is 12.0 Å². The van der Waals surface area contributed by atoms with Gasteiger partial charge < -0.3 is 15.7 Å². The van der Waals surface area contributed by atoms with Crippen LogP contribution in [0.25, 0.3) is 0 Å². The van der Waals surface area contributed by atoms with Gasteiger partial charge in [0.1, 0.15) is 0 Å². The molecule has 0 saturated carbocycles. The molecule has 1 heterocycles. The first-order chi connectivity index (χ1) is 9.55. The monoisotopic (exact) mass is 275 g/mol. The molecule has 0 saturated heterocycles. The van der Waals surface area contributed by atoms with Crippen molar-refractivity contribution in [1.82, 2.24) is 10.3 Å². The number of nitrogens with one attached hydrogen (secondary N) is 2. The summed E-state index contributed by atoms with van der Waals surface area (Å²) in [5, 5.41) is 13.9. The number of anilines is 1. The lowest BCUT2D eigenvalue weighted by molar-refractivity contribution is -0.136. The third-order valence-corrected chi connectivity index (χ3v) is 2.50. The highest BCUT2D eigenvalue weighted by Gasteiger charge is 2.09. The highest BCUT2D eigenvalue weighted by molar-refractivity contribution is 5.89. The number of pyridine rings is 1. The second-order valence-electron chi connectivity index (χ2n) is 4.22. The quantitative estimate of drug-likeness (QED) is 0.688. The normalized spacial score (nSPS) is 11.2. The van der Waals surface area contributed by atoms with Gasteiger partial charge in [-0.25, -0.2) is 4.79 Å². The molecule has 1 unspecified atom stereocenters. The van der Waals surface area contributed by atoms with E-state index in [1.807, 2.05) is 6.92 Å². The molecule has 0 bridgehead atoms. The van der Waals surface area contributed by atoms with Crippen LogP contribution in [0, 0.1) is 12.3 Å². The molecular weight excluding hydrogens is 258 g/mol. The van der Waals surface area contributed by atoms with E-state index in [4.69, 9.17) is 11.5 Å². The van der Waals surface area contributed by atoms with Crippen molar-refractivity contribution in [2.24, 2.45) is 0 Å². The number of carboxylic acid groups (broad SMARTS) is 1. The van der Waals surface area contributed by atoms with E-state index in [2.05, 4.69) is 21.5 Å². The van der Waals surface area contributed by atoms with Crippen LogP contribution in [-0.4, -0.2) is 28.1 Å². The second kappa shape index (κ2) is 7.79. The molecule has 106 valence electrons. The molecular formula is C14H17N3O3. The number of aliphatic carboxylic acids is 1. The molecule has 0 radical (unpaired) electrons. The first-order valence-corrected chi connectivity index (χ1v) is 6.25. The van der Waals surface area contributed by atoms with Crippen molar-refractivity contribution >= 4 is 17.7 Å². The SMILES string of the molecule is C#CC(CCC)NC(=O)Nc1ccc(CC(=O)O)nc1. The summed E-state index contributed by atoms with van der Waals surface area (Å²) in [5.74, 6) is 1.55. The molecule has 0 spiro atoms. The van der Waals surface area contributed by atoms with Gasteiger partial charge in [0.25, 0.3) is 0 Å². The number of carbonyl (C=O) groups is 2. The summed E-state index contributed by atoms with van der Waals surface area (Å²) in [6.07, 6.45) is 8.14. The van der Waals surface area contributed by atoms with Crippen LogP contribution in [0.4, 0.5) is 10.5 Å². The van der Waals surface area contributed by atoms with Crippen LogP contribution in [0.1, 0.15) is 25.5 Å². The average molecular weight is 275 g/mol. The number of amides is 2. The minimum Gasteiger partial charge on any atom is -0.481 e. The van der Waals surface area contributed by atoms with Crippen LogP contribution in [0.3, 0.4) is 0 Å². The Morgan fingerprint density at radius 1 is 1.50 bits per heavy atom. The van der Waals surface area contributed by atoms with E-state index in [1.54, 1.807) is 12.1 Å². The maximum atomic E-state index is 11.7. The molecule has 6 nitrogen and oxygen atoms in total. The van der Waals surface area contributed by atoms with Crippen molar-refractivity contribution in [2.75, 3.05) is 5.32 Å². The lowest BCUT2D eigenvalue weighted by Crippen LogP contribution is -2.37. The summed E-state index contributed by atoms with van der Waals surface area (Å²) in [6.45, 7) is 1.98. The first kappa shape index (κ1) is 15.5. The molecule has 1 atom stereocenters. The molecule has 2 amide bonds. The second-order valence-corrected chi connectivity index (χ2v) is 4.22. The number of nitrogens with zero attached hydrogens (tertiary/aromatic N) is 1. The number of terminal acetylenes is 1. The fourth-order valence-electron chi connectivity index (χ4n) is 1.57. The summed E-state index contributed by atoms with van der Waals surface area (Å²) in [7, 11) is 0. The molecule has 1 rings (SSSR count). The average Bonchev–Trinajstić information content (AvgIpc) is 2.40. The van der Waals surface area contributed by atoms with Gasteiger partial charge in [-0.05, 0) is 18.6 Å². The Morgan fingerprint density at radius 2 is 2.25 bits per heavy atom. The molecule has 0 aliphatic heterocycles. The molecule has 3 N–H and O–H groups in total. The summed E-state index contributed by atoms with van der Waals surface area (Å²) in [4.78, 5) is 26.1. The van der Waals surface area contributed by atoms with Gasteiger partial charge in [0, 0.05) is 0 Å². The molecule has 20 heavy (non-hydrogen) atoms. The Balaban J connectivity index is 2.54. The third-order valence-electron chi connectivity index (χ3n) is 2.50. The zero-order chi connectivity index (χ0) is 15.0. The van der Waals surface area contributed by atoms with Crippen molar-refractivity contribution in [1.29, 1.82) is 0 Å². The molecule has 0 aliphatic rings. The molecule has 6 heteroatoms. The third kappa shape index (κ3) is 5.40. The predicted molar refractivity (Wildman–Crippen MR) is 75.3 cm³/mol. The summed E-state index contributed by atoms with van der Waals surface area (Å²) >= 11 is 0. The van der Waals surface area contributed by atoms with E-state index in [0.717, 1.165) is 6.42 Å². The molecule has 1 aromatic heterocycles. The Labute approximate surface area is 117 Å². The van der Waals surface area contributed by atoms with Gasteiger partial charge in [-0.15, -0.1) is 6.42 Å². The summed E-state index contributed by atoms with van der Waals surface area (Å²) < 4.78 is 0. The lowest BCUT2D eigenvalue weighted by atomic mass is 10.2. The van der Waals surface area contributed by atoms with Crippen molar-refractivity contribution < 1.29 is 14.7 Å². The maximum Gasteiger partial charge on any atom is 0.320 e. The van der Waals surface area contributed by atoms with Gasteiger partial charge >= 0.3 is 12.0 Å². The number of carboxylic acids is 1. The van der Waals surface area contributed by atoms with Crippen molar-refractivity contribution in [3.05, 3.63) is 24.0 Å². The van der Waals surface area contributed by atoms with Crippen LogP contribution >= 0.6 is 0 Å². The van der Waals surface area contributed by atoms with Crippen molar-refractivity contribution in [2.45, 2.75) is 32.2 Å². The topological polar surface area (TPSA) is 91.3 Å². The van der Waals surface area contributed by atoms with E-state index in [1.165, 1.54) is 6.20 Å². The zero-order valence-electron chi connectivity index (χ0n) is 11.2. The maximum absolute atomic E-state index is 11.7. The number of aromatic nitrogens is 1. The van der Waals surface area contributed by atoms with Crippen LogP contribution < -0.4 is 10.6 Å².